The van der Waals surface area contributed by atoms with Gasteiger partial charge >= 0.3 is 6.09 Å². The molecule has 0 unspecified atom stereocenters. The van der Waals surface area contributed by atoms with Gasteiger partial charge < -0.3 is 24.4 Å². The van der Waals surface area contributed by atoms with Crippen molar-refractivity contribution in [1.82, 2.24) is 20.2 Å². The van der Waals surface area contributed by atoms with E-state index in [4.69, 9.17) is 14.2 Å². The predicted octanol–water partition coefficient (Wildman–Crippen LogP) is 5.55. The molecule has 2 saturated carbocycles. The predicted molar refractivity (Wildman–Crippen MR) is 160 cm³/mol. The van der Waals surface area contributed by atoms with Crippen LogP contribution in [0.25, 0.3) is 11.0 Å². The van der Waals surface area contributed by atoms with Crippen LogP contribution in [0.1, 0.15) is 84.3 Å². The summed E-state index contributed by atoms with van der Waals surface area (Å²) in [5.41, 5.74) is -0.487. The molecule has 2 aliphatic carbocycles. The van der Waals surface area contributed by atoms with Gasteiger partial charge in [0.15, 0.2) is 11.5 Å². The molecule has 6 rings (SSSR count). The first kappa shape index (κ1) is 31.4. The molecule has 10 nitrogen and oxygen atoms in total. The third-order valence-corrected chi connectivity index (χ3v) is 10.3. The van der Waals surface area contributed by atoms with Gasteiger partial charge in [-0.1, -0.05) is 33.1 Å². The molecule has 2 bridgehead atoms. The number of alkyl carbamates (subject to hydrolysis) is 1. The fraction of sp³-hybridized carbons (Fsp3) is 0.667. The largest absolute Gasteiger partial charge is 0.497 e. The van der Waals surface area contributed by atoms with E-state index < -0.39 is 59.6 Å². The minimum atomic E-state index is -3.35. The van der Waals surface area contributed by atoms with Crippen LogP contribution in [-0.4, -0.2) is 70.6 Å². The maximum absolute atomic E-state index is 15.9. The van der Waals surface area contributed by atoms with Gasteiger partial charge in [0.05, 0.1) is 30.7 Å². The molecule has 1 aromatic heterocycles. The Kier molecular flexibility index (Phi) is 8.36. The van der Waals surface area contributed by atoms with Crippen molar-refractivity contribution in [3.05, 3.63) is 23.9 Å². The number of aromatic nitrogens is 2. The molecule has 0 radical (unpaired) electrons. The lowest BCUT2D eigenvalue weighted by atomic mass is 9.79. The lowest BCUT2D eigenvalue weighted by Crippen LogP contribution is -2.58. The van der Waals surface area contributed by atoms with Gasteiger partial charge in [-0.2, -0.15) is 8.78 Å². The van der Waals surface area contributed by atoms with Crippen molar-refractivity contribution in [3.63, 3.8) is 0 Å². The van der Waals surface area contributed by atoms with Crippen LogP contribution in [0, 0.1) is 17.3 Å². The van der Waals surface area contributed by atoms with E-state index in [9.17, 15) is 14.4 Å². The van der Waals surface area contributed by atoms with E-state index in [0.717, 1.165) is 25.7 Å². The van der Waals surface area contributed by atoms with E-state index in [1.807, 2.05) is 6.92 Å². The first-order valence-electron chi connectivity index (χ1n) is 16.1. The SMILES string of the molecule is COc1ccc2nc3c(nc2c1)O[C@H]1CN(C(=O)[C@H](C2(C)CCCC2)NC(=O)O[C@@H]2C[C@H]2CCCCC3(F)F)[C@H](C(C)=O)[C@@H]1C. The number of carbonyl (C=O) groups excluding carboxylic acids is 3. The molecule has 12 heteroatoms. The summed E-state index contributed by atoms with van der Waals surface area (Å²) in [6, 6.07) is 3.03. The third kappa shape index (κ3) is 6.16. The first-order chi connectivity index (χ1) is 21.4. The van der Waals surface area contributed by atoms with E-state index in [1.54, 1.807) is 25.1 Å². The Hall–Kier alpha value is -3.57. The van der Waals surface area contributed by atoms with Gasteiger partial charge in [0.1, 0.15) is 24.0 Å². The van der Waals surface area contributed by atoms with E-state index >= 15 is 8.78 Å². The number of hydrogen-bond donors (Lipinski definition) is 1. The van der Waals surface area contributed by atoms with Crippen LogP contribution in [0.2, 0.25) is 0 Å². The summed E-state index contributed by atoms with van der Waals surface area (Å²) in [5, 5.41) is 2.89. The van der Waals surface area contributed by atoms with Gasteiger partial charge in [0.25, 0.3) is 5.92 Å². The second kappa shape index (κ2) is 12.0. The lowest BCUT2D eigenvalue weighted by Gasteiger charge is -2.37. The zero-order chi connectivity index (χ0) is 32.1. The summed E-state index contributed by atoms with van der Waals surface area (Å²) in [6.45, 7) is 5.12. The zero-order valence-corrected chi connectivity index (χ0v) is 26.3. The minimum absolute atomic E-state index is 0.0406. The van der Waals surface area contributed by atoms with Gasteiger partial charge in [-0.05, 0) is 62.5 Å². The van der Waals surface area contributed by atoms with Crippen molar-refractivity contribution in [2.75, 3.05) is 13.7 Å². The van der Waals surface area contributed by atoms with Crippen molar-refractivity contribution in [3.8, 4) is 11.6 Å². The number of benzene rings is 1. The first-order valence-corrected chi connectivity index (χ1v) is 16.1. The average Bonchev–Trinajstić information content (AvgIpc) is 3.41. The Morgan fingerprint density at radius 3 is 2.49 bits per heavy atom. The van der Waals surface area contributed by atoms with Gasteiger partial charge in [-0.15, -0.1) is 0 Å². The Morgan fingerprint density at radius 2 is 1.78 bits per heavy atom. The number of fused-ring (bicyclic) bond motifs is 5. The van der Waals surface area contributed by atoms with Crippen molar-refractivity contribution >= 4 is 28.8 Å². The highest BCUT2D eigenvalue weighted by Gasteiger charge is 2.52. The highest BCUT2D eigenvalue weighted by molar-refractivity contribution is 5.92. The minimum Gasteiger partial charge on any atom is -0.497 e. The molecule has 3 heterocycles. The lowest BCUT2D eigenvalue weighted by molar-refractivity contribution is -0.142. The van der Waals surface area contributed by atoms with Crippen molar-refractivity contribution < 1.29 is 37.4 Å². The van der Waals surface area contributed by atoms with E-state index in [2.05, 4.69) is 15.3 Å². The highest BCUT2D eigenvalue weighted by Crippen LogP contribution is 2.45. The standard InChI is InChI=1S/C33H42F2N4O6/c1-18-25-17-39(26(18)19(2)40)30(41)28(32(3)12-7-8-13-32)38-31(42)45-24-15-20(24)9-5-6-14-33(34,35)27-29(44-25)37-23-16-21(43-4)10-11-22(23)36-27/h10-11,16,18,20,24-26,28H,5-9,12-15,17H2,1-4H3,(H,38,42)/t18-,20-,24-,25+,26+,28-/m1/s1. The van der Waals surface area contributed by atoms with Crippen LogP contribution >= 0.6 is 0 Å². The number of amides is 2. The molecular formula is C33H42F2N4O6. The van der Waals surface area contributed by atoms with Crippen LogP contribution in [-0.2, 0) is 20.2 Å². The van der Waals surface area contributed by atoms with Crippen LogP contribution in [0.5, 0.6) is 11.6 Å². The molecule has 1 saturated heterocycles. The van der Waals surface area contributed by atoms with Crippen molar-refractivity contribution in [2.45, 2.75) is 109 Å². The Bertz CT molecular complexity index is 1480. The molecule has 1 aromatic carbocycles. The number of hydrogen-bond acceptors (Lipinski definition) is 8. The third-order valence-electron chi connectivity index (χ3n) is 10.3. The van der Waals surface area contributed by atoms with Crippen molar-refractivity contribution in [2.24, 2.45) is 17.3 Å². The Morgan fingerprint density at radius 1 is 1.04 bits per heavy atom. The summed E-state index contributed by atoms with van der Waals surface area (Å²) in [5.74, 6) is -4.29. The van der Waals surface area contributed by atoms with E-state index in [1.165, 1.54) is 18.9 Å². The normalized spacial score (nSPS) is 31.5. The molecule has 45 heavy (non-hydrogen) atoms. The molecule has 0 spiro atoms. The van der Waals surface area contributed by atoms with Crippen LogP contribution in [0.3, 0.4) is 0 Å². The maximum Gasteiger partial charge on any atom is 0.408 e. The second-order valence-corrected chi connectivity index (χ2v) is 13.6. The average molecular weight is 629 g/mol. The number of methoxy groups -OCH3 is 1. The van der Waals surface area contributed by atoms with Crippen molar-refractivity contribution in [1.29, 1.82) is 0 Å². The van der Waals surface area contributed by atoms with Gasteiger partial charge in [-0.3, -0.25) is 9.59 Å². The monoisotopic (exact) mass is 628 g/mol. The number of carbonyl (C=O) groups is 3. The fourth-order valence-corrected chi connectivity index (χ4v) is 7.53. The molecule has 2 aromatic rings. The number of ether oxygens (including phenoxy) is 3. The molecule has 2 amide bonds. The zero-order valence-electron chi connectivity index (χ0n) is 26.3. The number of ketones is 1. The topological polar surface area (TPSA) is 120 Å². The number of nitrogens with one attached hydrogen (secondary N) is 1. The quantitative estimate of drug-likeness (QED) is 0.470. The van der Waals surface area contributed by atoms with Crippen LogP contribution in [0.15, 0.2) is 18.2 Å². The molecule has 1 N–H and O–H groups in total. The van der Waals surface area contributed by atoms with E-state index in [-0.39, 0.29) is 42.2 Å². The highest BCUT2D eigenvalue weighted by atomic mass is 19.3. The van der Waals surface area contributed by atoms with Crippen LogP contribution in [0.4, 0.5) is 13.6 Å². The Balaban J connectivity index is 1.41. The molecule has 244 valence electrons. The number of nitrogens with zero attached hydrogens (tertiary/aromatic N) is 3. The van der Waals surface area contributed by atoms with Gasteiger partial charge in [-0.25, -0.2) is 14.8 Å². The molecule has 2 aliphatic heterocycles. The maximum atomic E-state index is 15.9. The summed E-state index contributed by atoms with van der Waals surface area (Å²) in [7, 11) is 1.50. The van der Waals surface area contributed by atoms with Gasteiger partial charge in [0.2, 0.25) is 11.8 Å². The number of halogens is 2. The summed E-state index contributed by atoms with van der Waals surface area (Å²) in [6.07, 6.45) is 3.13. The molecule has 6 atom stereocenters. The molecule has 3 fully saturated rings. The number of alkyl halides is 2. The Labute approximate surface area is 261 Å². The molecule has 4 aliphatic rings. The summed E-state index contributed by atoms with van der Waals surface area (Å²) >= 11 is 0. The van der Waals surface area contributed by atoms with Crippen LogP contribution < -0.4 is 14.8 Å². The molecular weight excluding hydrogens is 586 g/mol. The second-order valence-electron chi connectivity index (χ2n) is 13.6. The number of Topliss-reactive ketones (excluding diaryl/α,β-unsaturated/α-hetero) is 1. The summed E-state index contributed by atoms with van der Waals surface area (Å²) < 4.78 is 49.1. The summed E-state index contributed by atoms with van der Waals surface area (Å²) in [4.78, 5) is 50.8. The smallest absolute Gasteiger partial charge is 0.408 e. The van der Waals surface area contributed by atoms with E-state index in [0.29, 0.717) is 30.5 Å². The number of rotatable bonds is 3. The fourth-order valence-electron chi connectivity index (χ4n) is 7.53. The van der Waals surface area contributed by atoms with Gasteiger partial charge in [0, 0.05) is 18.4 Å².